The average molecular weight is 1030 g/mol. The molecule has 0 radical (unpaired) electrons. The van der Waals surface area contributed by atoms with Crippen LogP contribution in [0.5, 0.6) is 0 Å². The molecule has 0 bridgehead atoms. The molecule has 8 aromatic carbocycles. The zero-order valence-corrected chi connectivity index (χ0v) is 48.8. The van der Waals surface area contributed by atoms with E-state index in [0.29, 0.717) is 5.56 Å². The van der Waals surface area contributed by atoms with Crippen LogP contribution < -0.4 is 31.1 Å². The van der Waals surface area contributed by atoms with Crippen LogP contribution in [0.25, 0.3) is 21.9 Å². The Morgan fingerprint density at radius 3 is 1.73 bits per heavy atom. The van der Waals surface area contributed by atoms with Gasteiger partial charge in [-0.1, -0.05) is 170 Å². The lowest BCUT2D eigenvalue weighted by Gasteiger charge is -2.47. The fourth-order valence-corrected chi connectivity index (χ4v) is 14.8. The molecule has 0 spiro atoms. The number of rotatable bonds is 5. The van der Waals surface area contributed by atoms with Gasteiger partial charge in [0, 0.05) is 60.6 Å². The van der Waals surface area contributed by atoms with Crippen LogP contribution >= 0.6 is 0 Å². The van der Waals surface area contributed by atoms with Gasteiger partial charge < -0.3 is 19.1 Å². The number of hydrogen-bond acceptors (Lipinski definition) is 4. The standard InChI is InChI=1S/C73H78BN3O/c1-44-36-62-66-63(37-44)77(59-41-54-52(38-45(59)2)70(9,10)34-35-71(54,11)12)61-42-55-53(72(13,14)43-73(55,15)16)40-57(61)74(66)56-32-30-49(75(47-22-18-17-19-23-47)48-28-26-46(27-29-48)68(3,4)5)39-60(56)76(62)58-33-31-51(69(6,7)8)67-65(58)50-24-20-21-25-64(50)78-67/h17-33,36-42H,34-35,43H2,1-16H3/i1D3. The number of furan rings is 1. The highest BCUT2D eigenvalue weighted by Crippen LogP contribution is 2.56. The summed E-state index contributed by atoms with van der Waals surface area (Å²) < 4.78 is 35.4. The summed E-state index contributed by atoms with van der Waals surface area (Å²) in [6.45, 7) is 32.4. The number of anilines is 9. The third kappa shape index (κ3) is 7.60. The van der Waals surface area contributed by atoms with Gasteiger partial charge in [-0.25, -0.2) is 0 Å². The van der Waals surface area contributed by atoms with E-state index in [4.69, 9.17) is 4.42 Å². The van der Waals surface area contributed by atoms with Gasteiger partial charge in [-0.3, -0.25) is 0 Å². The van der Waals surface area contributed by atoms with Crippen molar-refractivity contribution in [3.8, 4) is 0 Å². The lowest BCUT2D eigenvalue weighted by atomic mass is 9.33. The van der Waals surface area contributed by atoms with Crippen LogP contribution in [0.15, 0.2) is 150 Å². The van der Waals surface area contributed by atoms with Crippen LogP contribution in [0.3, 0.4) is 0 Å². The molecule has 3 heterocycles. The molecule has 0 atom stereocenters. The number of benzene rings is 8. The Kier molecular flexibility index (Phi) is 10.1. The predicted molar refractivity (Wildman–Crippen MR) is 335 cm³/mol. The summed E-state index contributed by atoms with van der Waals surface area (Å²) in [4.78, 5) is 7.28. The van der Waals surface area contributed by atoms with Gasteiger partial charge >= 0.3 is 0 Å². The van der Waals surface area contributed by atoms with Gasteiger partial charge in [-0.05, 0) is 194 Å². The second-order valence-electron chi connectivity index (χ2n) is 28.3. The Morgan fingerprint density at radius 1 is 0.513 bits per heavy atom. The van der Waals surface area contributed by atoms with E-state index in [-0.39, 0.29) is 39.2 Å². The summed E-state index contributed by atoms with van der Waals surface area (Å²) in [5.74, 6) is 0. The first-order chi connectivity index (χ1) is 37.9. The largest absolute Gasteiger partial charge is 0.456 e. The molecular weight excluding hydrogens is 946 g/mol. The lowest BCUT2D eigenvalue weighted by Crippen LogP contribution is -2.61. The van der Waals surface area contributed by atoms with Gasteiger partial charge in [0.15, 0.2) is 0 Å². The Hall–Kier alpha value is -6.98. The van der Waals surface area contributed by atoms with E-state index >= 15 is 0 Å². The number of hydrogen-bond donors (Lipinski definition) is 0. The van der Waals surface area contributed by atoms with Crippen molar-refractivity contribution in [2.24, 2.45) is 0 Å². The Labute approximate surface area is 469 Å². The molecular formula is C73H78BN3O. The van der Waals surface area contributed by atoms with Crippen LogP contribution in [-0.2, 0) is 32.5 Å². The normalized spacial score (nSPS) is 18.1. The number of aryl methyl sites for hydroxylation is 2. The van der Waals surface area contributed by atoms with Crippen LogP contribution in [-0.4, -0.2) is 6.71 Å². The fourth-order valence-electron chi connectivity index (χ4n) is 14.8. The molecule has 2 aliphatic carbocycles. The zero-order chi connectivity index (χ0) is 57.5. The van der Waals surface area contributed by atoms with E-state index < -0.39 is 6.85 Å². The van der Waals surface area contributed by atoms with E-state index in [1.165, 1.54) is 38.8 Å². The first kappa shape index (κ1) is 47.1. The van der Waals surface area contributed by atoms with Gasteiger partial charge in [0.2, 0.25) is 0 Å². The third-order valence-corrected chi connectivity index (χ3v) is 18.8. The molecule has 0 saturated carbocycles. The smallest absolute Gasteiger partial charge is 0.252 e. The summed E-state index contributed by atoms with van der Waals surface area (Å²) in [7, 11) is 0. The van der Waals surface area contributed by atoms with Crippen LogP contribution in [0.4, 0.5) is 51.2 Å². The second-order valence-corrected chi connectivity index (χ2v) is 28.3. The highest BCUT2D eigenvalue weighted by atomic mass is 16.3. The van der Waals surface area contributed by atoms with Gasteiger partial charge in [0.1, 0.15) is 11.2 Å². The molecule has 13 rings (SSSR count). The Balaban J connectivity index is 1.18. The van der Waals surface area contributed by atoms with Gasteiger partial charge in [-0.2, -0.15) is 0 Å². The molecule has 2 aliphatic heterocycles. The molecule has 9 aromatic rings. The minimum absolute atomic E-state index is 0.00990. The van der Waals surface area contributed by atoms with Crippen LogP contribution in [0.2, 0.25) is 0 Å². The predicted octanol–water partition coefficient (Wildman–Crippen LogP) is 18.7. The van der Waals surface area contributed by atoms with Crippen molar-refractivity contribution >= 4 is 96.2 Å². The van der Waals surface area contributed by atoms with Crippen molar-refractivity contribution < 1.29 is 8.53 Å². The number of fused-ring (bicyclic) bond motifs is 9. The molecule has 0 N–H and O–H groups in total. The van der Waals surface area contributed by atoms with E-state index in [1.54, 1.807) is 0 Å². The maximum Gasteiger partial charge on any atom is 0.252 e. The van der Waals surface area contributed by atoms with Crippen molar-refractivity contribution in [3.63, 3.8) is 0 Å². The monoisotopic (exact) mass is 1030 g/mol. The molecule has 4 aliphatic rings. The van der Waals surface area contributed by atoms with Crippen molar-refractivity contribution in [3.05, 3.63) is 190 Å². The molecule has 1 aromatic heterocycles. The first-order valence-electron chi connectivity index (χ1n) is 30.1. The zero-order valence-electron chi connectivity index (χ0n) is 51.8. The fraction of sp³-hybridized carbons (Fsp3) is 0.342. The number of para-hydroxylation sites is 2. The van der Waals surface area contributed by atoms with E-state index in [0.717, 1.165) is 109 Å². The Morgan fingerprint density at radius 2 is 1.08 bits per heavy atom. The quantitative estimate of drug-likeness (QED) is 0.160. The minimum Gasteiger partial charge on any atom is -0.456 e. The molecule has 5 heteroatoms. The van der Waals surface area contributed by atoms with Gasteiger partial charge in [-0.15, -0.1) is 0 Å². The van der Waals surface area contributed by atoms with Crippen molar-refractivity contribution in [2.45, 2.75) is 162 Å². The van der Waals surface area contributed by atoms with Gasteiger partial charge in [0.25, 0.3) is 6.71 Å². The summed E-state index contributed by atoms with van der Waals surface area (Å²) in [5.41, 5.74) is 23.0. The van der Waals surface area contributed by atoms with Gasteiger partial charge in [0.05, 0.1) is 11.1 Å². The van der Waals surface area contributed by atoms with Crippen molar-refractivity contribution in [2.75, 3.05) is 14.7 Å². The van der Waals surface area contributed by atoms with Crippen molar-refractivity contribution in [1.82, 2.24) is 0 Å². The van der Waals surface area contributed by atoms with Crippen LogP contribution in [0.1, 0.15) is 165 Å². The summed E-state index contributed by atoms with van der Waals surface area (Å²) in [6, 6.07) is 53.8. The molecule has 0 saturated heterocycles. The first-order valence-corrected chi connectivity index (χ1v) is 28.6. The molecule has 394 valence electrons. The summed E-state index contributed by atoms with van der Waals surface area (Å²) in [5, 5.41) is 2.02. The highest BCUT2D eigenvalue weighted by molar-refractivity contribution is 7.00. The highest BCUT2D eigenvalue weighted by Gasteiger charge is 2.49. The van der Waals surface area contributed by atoms with Crippen molar-refractivity contribution in [1.29, 1.82) is 0 Å². The maximum absolute atomic E-state index is 9.44. The molecule has 4 nitrogen and oxygen atoms in total. The molecule has 78 heavy (non-hydrogen) atoms. The molecule has 0 fully saturated rings. The third-order valence-electron chi connectivity index (χ3n) is 18.8. The lowest BCUT2D eigenvalue weighted by molar-refractivity contribution is 0.332. The summed E-state index contributed by atoms with van der Waals surface area (Å²) in [6.07, 6.45) is 3.22. The topological polar surface area (TPSA) is 22.9 Å². The maximum atomic E-state index is 9.44. The summed E-state index contributed by atoms with van der Waals surface area (Å²) >= 11 is 0. The van der Waals surface area contributed by atoms with E-state index in [9.17, 15) is 4.11 Å². The average Bonchev–Trinajstić information content (AvgIpc) is 2.01. The second kappa shape index (κ2) is 16.8. The van der Waals surface area contributed by atoms with Crippen LogP contribution in [0, 0.1) is 13.8 Å². The van der Waals surface area contributed by atoms with E-state index in [2.05, 4.69) is 246 Å². The molecule has 0 amide bonds. The minimum atomic E-state index is -2.45. The Bertz CT molecular complexity index is 4070. The SMILES string of the molecule is [2H]C([2H])([2H])c1cc2c3c(c1)N(c1ccc(C(C)(C)C)c4oc5ccccc5c14)c1cc(N(c4ccccc4)c4ccc(C(C)(C)C)cc4)ccc1B3c1cc3c(cc1N2c1cc2c(cc1C)C(C)(C)CCC2(C)C)C(C)(C)CC3(C)C. The van der Waals surface area contributed by atoms with E-state index in [1.807, 2.05) is 18.2 Å². The number of nitrogens with zero attached hydrogens (tertiary/aromatic N) is 3. The molecule has 0 unspecified atom stereocenters.